The van der Waals surface area contributed by atoms with E-state index in [0.717, 1.165) is 12.5 Å². The summed E-state index contributed by atoms with van der Waals surface area (Å²) < 4.78 is 0. The highest BCUT2D eigenvalue weighted by molar-refractivity contribution is 14.0. The minimum atomic E-state index is 0. The Kier molecular flexibility index (Phi) is 9.13. The van der Waals surface area contributed by atoms with E-state index < -0.39 is 0 Å². The molecule has 0 aliphatic heterocycles. The maximum Gasteiger partial charge on any atom is 0.243 e. The zero-order valence-electron chi connectivity index (χ0n) is 11.5. The molecule has 106 valence electrons. The number of nitrogens with one attached hydrogen (secondary N) is 2. The second-order valence-electron chi connectivity index (χ2n) is 4.61. The Morgan fingerprint density at radius 1 is 1.33 bits per heavy atom. The van der Waals surface area contributed by atoms with Gasteiger partial charge >= 0.3 is 0 Å². The lowest BCUT2D eigenvalue weighted by atomic mass is 10.2. The van der Waals surface area contributed by atoms with Crippen molar-refractivity contribution >= 4 is 35.8 Å². The van der Waals surface area contributed by atoms with E-state index >= 15 is 0 Å². The van der Waals surface area contributed by atoms with Crippen molar-refractivity contribution in [2.24, 2.45) is 4.99 Å². The number of rotatable bonds is 4. The quantitative estimate of drug-likeness (QED) is 0.445. The molecule has 1 aliphatic rings. The first-order valence-corrected chi connectivity index (χ1v) is 6.38. The predicted molar refractivity (Wildman–Crippen MR) is 85.5 cm³/mol. The Labute approximate surface area is 127 Å². The van der Waals surface area contributed by atoms with Crippen molar-refractivity contribution in [1.82, 2.24) is 15.5 Å². The van der Waals surface area contributed by atoms with Crippen molar-refractivity contribution in [3.05, 3.63) is 0 Å². The fraction of sp³-hybridized carbons (Fsp3) is 0.833. The lowest BCUT2D eigenvalue weighted by Gasteiger charge is -2.17. The van der Waals surface area contributed by atoms with Crippen LogP contribution in [0.25, 0.3) is 0 Å². The fourth-order valence-electron chi connectivity index (χ4n) is 1.87. The number of amides is 1. The lowest BCUT2D eigenvalue weighted by molar-refractivity contribution is -0.127. The average Bonchev–Trinajstić information content (AvgIpc) is 2.78. The molecule has 18 heavy (non-hydrogen) atoms. The van der Waals surface area contributed by atoms with Gasteiger partial charge in [0.1, 0.15) is 6.54 Å². The van der Waals surface area contributed by atoms with Crippen LogP contribution < -0.4 is 10.6 Å². The third kappa shape index (κ3) is 6.42. The first-order chi connectivity index (χ1) is 8.13. The highest BCUT2D eigenvalue weighted by Crippen LogP contribution is 2.17. The molecule has 0 aromatic rings. The molecule has 1 aliphatic carbocycles. The standard InChI is InChI=1S/C12H24N4O.HI/c1-4-13-12(14-9-11(17)16(2)3)15-10-7-5-6-8-10;/h10H,4-9H2,1-3H3,(H2,13,14,15);1H. The Morgan fingerprint density at radius 2 is 1.94 bits per heavy atom. The van der Waals surface area contributed by atoms with E-state index in [1.54, 1.807) is 19.0 Å². The van der Waals surface area contributed by atoms with Crippen molar-refractivity contribution in [2.75, 3.05) is 27.2 Å². The van der Waals surface area contributed by atoms with E-state index in [2.05, 4.69) is 15.6 Å². The van der Waals surface area contributed by atoms with Gasteiger partial charge in [0.25, 0.3) is 0 Å². The Balaban J connectivity index is 0.00000289. The largest absolute Gasteiger partial charge is 0.357 e. The number of halogens is 1. The first kappa shape index (κ1) is 17.5. The zero-order valence-corrected chi connectivity index (χ0v) is 13.9. The van der Waals surface area contributed by atoms with Gasteiger partial charge in [0, 0.05) is 26.7 Å². The average molecular weight is 368 g/mol. The van der Waals surface area contributed by atoms with Crippen LogP contribution in [0.3, 0.4) is 0 Å². The maximum atomic E-state index is 11.5. The smallest absolute Gasteiger partial charge is 0.243 e. The van der Waals surface area contributed by atoms with Gasteiger partial charge in [-0.2, -0.15) is 0 Å². The molecule has 1 rings (SSSR count). The summed E-state index contributed by atoms with van der Waals surface area (Å²) in [4.78, 5) is 17.3. The van der Waals surface area contributed by atoms with Gasteiger partial charge in [-0.05, 0) is 19.8 Å². The van der Waals surface area contributed by atoms with Gasteiger partial charge in [-0.1, -0.05) is 12.8 Å². The normalized spacial score (nSPS) is 16.1. The van der Waals surface area contributed by atoms with Crippen molar-refractivity contribution < 1.29 is 4.79 Å². The van der Waals surface area contributed by atoms with Crippen LogP contribution in [0.4, 0.5) is 0 Å². The summed E-state index contributed by atoms with van der Waals surface area (Å²) in [5.74, 6) is 0.781. The third-order valence-corrected chi connectivity index (χ3v) is 2.91. The van der Waals surface area contributed by atoms with E-state index in [9.17, 15) is 4.79 Å². The van der Waals surface area contributed by atoms with Gasteiger partial charge in [-0.25, -0.2) is 4.99 Å². The van der Waals surface area contributed by atoms with Crippen molar-refractivity contribution in [3.8, 4) is 0 Å². The highest BCUT2D eigenvalue weighted by atomic mass is 127. The molecule has 1 fully saturated rings. The van der Waals surface area contributed by atoms with Crippen molar-refractivity contribution in [1.29, 1.82) is 0 Å². The number of hydrogen-bond acceptors (Lipinski definition) is 2. The molecule has 1 amide bonds. The summed E-state index contributed by atoms with van der Waals surface area (Å²) in [6, 6.07) is 0.516. The number of carbonyl (C=O) groups excluding carboxylic acids is 1. The molecule has 0 aromatic heterocycles. The summed E-state index contributed by atoms with van der Waals surface area (Å²) in [6.07, 6.45) is 4.97. The van der Waals surface area contributed by atoms with E-state index in [0.29, 0.717) is 6.04 Å². The molecule has 2 N–H and O–H groups in total. The van der Waals surface area contributed by atoms with Crippen molar-refractivity contribution in [3.63, 3.8) is 0 Å². The van der Waals surface area contributed by atoms with Crippen LogP contribution in [0.1, 0.15) is 32.6 Å². The minimum Gasteiger partial charge on any atom is -0.357 e. The molecular weight excluding hydrogens is 343 g/mol. The van der Waals surface area contributed by atoms with E-state index in [-0.39, 0.29) is 36.4 Å². The SMILES string of the molecule is CCNC(=NCC(=O)N(C)C)NC1CCCC1.I. The van der Waals surface area contributed by atoms with E-state index in [1.165, 1.54) is 25.7 Å². The molecule has 0 unspecified atom stereocenters. The summed E-state index contributed by atoms with van der Waals surface area (Å²) in [7, 11) is 3.49. The van der Waals surface area contributed by atoms with Gasteiger partial charge in [0.2, 0.25) is 5.91 Å². The van der Waals surface area contributed by atoms with Gasteiger partial charge in [-0.15, -0.1) is 24.0 Å². The molecular formula is C12H25IN4O. The number of likely N-dealkylation sites (N-methyl/N-ethyl adjacent to an activating group) is 1. The second-order valence-corrected chi connectivity index (χ2v) is 4.61. The number of guanidine groups is 1. The number of hydrogen-bond donors (Lipinski definition) is 2. The molecule has 0 spiro atoms. The maximum absolute atomic E-state index is 11.5. The van der Waals surface area contributed by atoms with Crippen LogP contribution in [0, 0.1) is 0 Å². The molecule has 0 saturated heterocycles. The zero-order chi connectivity index (χ0) is 12.7. The molecule has 0 atom stereocenters. The van der Waals surface area contributed by atoms with Crippen LogP contribution in [0.5, 0.6) is 0 Å². The topological polar surface area (TPSA) is 56.7 Å². The van der Waals surface area contributed by atoms with E-state index in [1.807, 2.05) is 6.92 Å². The lowest BCUT2D eigenvalue weighted by Crippen LogP contribution is -2.43. The van der Waals surface area contributed by atoms with Crippen LogP contribution in [0.15, 0.2) is 4.99 Å². The number of aliphatic imine (C=N–C) groups is 1. The van der Waals surface area contributed by atoms with Crippen LogP contribution in [-0.2, 0) is 4.79 Å². The van der Waals surface area contributed by atoms with Gasteiger partial charge in [0.05, 0.1) is 0 Å². The second kappa shape index (κ2) is 9.41. The molecule has 0 bridgehead atoms. The highest BCUT2D eigenvalue weighted by Gasteiger charge is 2.16. The number of carbonyl (C=O) groups is 1. The minimum absolute atomic E-state index is 0. The molecule has 0 heterocycles. The first-order valence-electron chi connectivity index (χ1n) is 6.38. The van der Waals surface area contributed by atoms with Crippen molar-refractivity contribution in [2.45, 2.75) is 38.6 Å². The molecule has 1 saturated carbocycles. The predicted octanol–water partition coefficient (Wildman–Crippen LogP) is 1.19. The molecule has 6 heteroatoms. The monoisotopic (exact) mass is 368 g/mol. The number of nitrogens with zero attached hydrogens (tertiary/aromatic N) is 2. The van der Waals surface area contributed by atoms with Gasteiger partial charge in [0.15, 0.2) is 5.96 Å². The van der Waals surface area contributed by atoms with Crippen LogP contribution >= 0.6 is 24.0 Å². The summed E-state index contributed by atoms with van der Waals surface area (Å²) in [6.45, 7) is 3.05. The summed E-state index contributed by atoms with van der Waals surface area (Å²) in [5.41, 5.74) is 0. The van der Waals surface area contributed by atoms with Crippen LogP contribution in [-0.4, -0.2) is 50.0 Å². The summed E-state index contributed by atoms with van der Waals surface area (Å²) >= 11 is 0. The Bertz CT molecular complexity index is 275. The third-order valence-electron chi connectivity index (χ3n) is 2.91. The Hall–Kier alpha value is -0.530. The van der Waals surface area contributed by atoms with Gasteiger partial charge < -0.3 is 15.5 Å². The summed E-state index contributed by atoms with van der Waals surface area (Å²) in [5, 5.41) is 6.55. The Morgan fingerprint density at radius 3 is 2.44 bits per heavy atom. The molecule has 5 nitrogen and oxygen atoms in total. The van der Waals surface area contributed by atoms with Gasteiger partial charge in [-0.3, -0.25) is 4.79 Å². The molecule has 0 radical (unpaired) electrons. The van der Waals surface area contributed by atoms with E-state index in [4.69, 9.17) is 0 Å². The molecule has 0 aromatic carbocycles. The van der Waals surface area contributed by atoms with Crippen LogP contribution in [0.2, 0.25) is 0 Å². The fourth-order valence-corrected chi connectivity index (χ4v) is 1.87.